The molecule has 0 spiro atoms. The molecule has 1 unspecified atom stereocenters. The van der Waals surface area contributed by atoms with Crippen LogP contribution in [-0.2, 0) is 10.0 Å². The molecule has 1 atom stereocenters. The molecule has 7 heteroatoms. The topological polar surface area (TPSA) is 82.0 Å². The lowest BCUT2D eigenvalue weighted by Crippen LogP contribution is -2.36. The fraction of sp³-hybridized carbons (Fsp3) is 0.364. The maximum Gasteiger partial charge on any atom is 0.242 e. The Labute approximate surface area is 111 Å². The molecule has 1 aliphatic heterocycles. The number of hydrogen-bond donors (Lipinski definition) is 2. The minimum atomic E-state index is -3.71. The highest BCUT2D eigenvalue weighted by Gasteiger charge is 2.25. The summed E-state index contributed by atoms with van der Waals surface area (Å²) in [6.45, 7) is 1.38. The summed E-state index contributed by atoms with van der Waals surface area (Å²) in [6.07, 6.45) is 0.738. The van der Waals surface area contributed by atoms with Crippen molar-refractivity contribution in [2.24, 2.45) is 0 Å². The third-order valence-corrected chi connectivity index (χ3v) is 4.64. The van der Waals surface area contributed by atoms with Gasteiger partial charge in [-0.05, 0) is 25.1 Å². The molecular weight excluding hydrogens is 274 g/mol. The average molecular weight is 286 g/mol. The molecule has 1 heterocycles. The first-order valence-electron chi connectivity index (χ1n) is 5.46. The van der Waals surface area contributed by atoms with Crippen LogP contribution in [0.5, 0.6) is 0 Å². The van der Waals surface area contributed by atoms with Crippen LogP contribution in [-0.4, -0.2) is 27.5 Å². The Hall–Kier alpha value is -1.13. The van der Waals surface area contributed by atoms with E-state index in [0.717, 1.165) is 13.0 Å². The molecule has 0 radical (unpaired) electrons. The molecule has 0 amide bonds. The minimum absolute atomic E-state index is 0.0161. The molecular formula is C11H12ClN3O2S. The van der Waals surface area contributed by atoms with Gasteiger partial charge in [0.1, 0.15) is 11.0 Å². The standard InChI is InChI=1S/C11H12ClN3O2S/c12-10-2-1-3-11(9(10)6-13)18(16,17)15-8-4-5-14-7-8/h1-3,8,14-15H,4-5,7H2. The zero-order valence-corrected chi connectivity index (χ0v) is 11.1. The molecule has 0 aromatic heterocycles. The van der Waals surface area contributed by atoms with Crippen molar-refractivity contribution in [2.45, 2.75) is 17.4 Å². The van der Waals surface area contributed by atoms with E-state index in [9.17, 15) is 8.42 Å². The molecule has 5 nitrogen and oxygen atoms in total. The SMILES string of the molecule is N#Cc1c(Cl)cccc1S(=O)(=O)NC1CCNC1. The molecule has 18 heavy (non-hydrogen) atoms. The van der Waals surface area contributed by atoms with E-state index in [1.807, 2.05) is 6.07 Å². The van der Waals surface area contributed by atoms with Crippen LogP contribution in [0.2, 0.25) is 5.02 Å². The Kier molecular flexibility index (Phi) is 3.88. The molecule has 2 N–H and O–H groups in total. The third kappa shape index (κ3) is 2.65. The van der Waals surface area contributed by atoms with E-state index in [4.69, 9.17) is 16.9 Å². The first-order chi connectivity index (χ1) is 8.54. The molecule has 2 rings (SSSR count). The lowest BCUT2D eigenvalue weighted by atomic mass is 10.2. The van der Waals surface area contributed by atoms with Crippen LogP contribution in [0.15, 0.2) is 23.1 Å². The number of nitrogens with zero attached hydrogens (tertiary/aromatic N) is 1. The summed E-state index contributed by atoms with van der Waals surface area (Å²) in [5, 5.41) is 12.2. The Morgan fingerprint density at radius 3 is 2.89 bits per heavy atom. The number of halogens is 1. The number of nitrogens with one attached hydrogen (secondary N) is 2. The zero-order valence-electron chi connectivity index (χ0n) is 9.48. The Morgan fingerprint density at radius 2 is 2.28 bits per heavy atom. The second-order valence-electron chi connectivity index (χ2n) is 4.04. The predicted molar refractivity (Wildman–Crippen MR) is 67.8 cm³/mol. The van der Waals surface area contributed by atoms with Gasteiger partial charge in [0, 0.05) is 12.6 Å². The highest BCUT2D eigenvalue weighted by atomic mass is 35.5. The lowest BCUT2D eigenvalue weighted by Gasteiger charge is -2.13. The van der Waals surface area contributed by atoms with Gasteiger partial charge in [-0.15, -0.1) is 0 Å². The smallest absolute Gasteiger partial charge is 0.242 e. The van der Waals surface area contributed by atoms with Gasteiger partial charge in [0.2, 0.25) is 10.0 Å². The zero-order chi connectivity index (χ0) is 13.2. The monoisotopic (exact) mass is 285 g/mol. The van der Waals surface area contributed by atoms with Crippen LogP contribution in [0, 0.1) is 11.3 Å². The van der Waals surface area contributed by atoms with Gasteiger partial charge in [-0.25, -0.2) is 13.1 Å². The van der Waals surface area contributed by atoms with Crippen LogP contribution < -0.4 is 10.0 Å². The predicted octanol–water partition coefficient (Wildman–Crippen LogP) is 0.852. The van der Waals surface area contributed by atoms with Gasteiger partial charge in [-0.3, -0.25) is 0 Å². The quantitative estimate of drug-likeness (QED) is 0.863. The summed E-state index contributed by atoms with van der Waals surface area (Å²) in [7, 11) is -3.71. The van der Waals surface area contributed by atoms with Crippen molar-refractivity contribution in [3.8, 4) is 6.07 Å². The maximum absolute atomic E-state index is 12.2. The van der Waals surface area contributed by atoms with Crippen LogP contribution in [0.1, 0.15) is 12.0 Å². The van der Waals surface area contributed by atoms with Crippen molar-refractivity contribution in [3.63, 3.8) is 0 Å². The lowest BCUT2D eigenvalue weighted by molar-refractivity contribution is 0.560. The van der Waals surface area contributed by atoms with E-state index in [2.05, 4.69) is 10.0 Å². The Balaban J connectivity index is 2.35. The van der Waals surface area contributed by atoms with Crippen LogP contribution in [0.3, 0.4) is 0 Å². The Morgan fingerprint density at radius 1 is 1.50 bits per heavy atom. The number of nitriles is 1. The van der Waals surface area contributed by atoms with Crippen LogP contribution >= 0.6 is 11.6 Å². The van der Waals surface area contributed by atoms with Crippen molar-refractivity contribution in [1.29, 1.82) is 5.26 Å². The van der Waals surface area contributed by atoms with Crippen molar-refractivity contribution < 1.29 is 8.42 Å². The highest BCUT2D eigenvalue weighted by molar-refractivity contribution is 7.89. The molecule has 0 aliphatic carbocycles. The fourth-order valence-electron chi connectivity index (χ4n) is 1.87. The second-order valence-corrected chi connectivity index (χ2v) is 6.13. The van der Waals surface area contributed by atoms with Crippen LogP contribution in [0.25, 0.3) is 0 Å². The van der Waals surface area contributed by atoms with Crippen molar-refractivity contribution in [2.75, 3.05) is 13.1 Å². The summed E-state index contributed by atoms with van der Waals surface area (Å²) >= 11 is 5.83. The normalized spacial score (nSPS) is 19.7. The van der Waals surface area contributed by atoms with Crippen LogP contribution in [0.4, 0.5) is 0 Å². The molecule has 1 saturated heterocycles. The molecule has 0 saturated carbocycles. The van der Waals surface area contributed by atoms with Gasteiger partial charge >= 0.3 is 0 Å². The molecule has 1 aromatic rings. The molecule has 1 fully saturated rings. The summed E-state index contributed by atoms with van der Waals surface area (Å²) in [4.78, 5) is -0.0654. The fourth-order valence-corrected chi connectivity index (χ4v) is 3.60. The summed E-state index contributed by atoms with van der Waals surface area (Å²) in [5.41, 5.74) is -0.0161. The molecule has 1 aromatic carbocycles. The number of hydrogen-bond acceptors (Lipinski definition) is 4. The average Bonchev–Trinajstić information content (AvgIpc) is 2.80. The third-order valence-electron chi connectivity index (χ3n) is 2.76. The van der Waals surface area contributed by atoms with Crippen molar-refractivity contribution >= 4 is 21.6 Å². The summed E-state index contributed by atoms with van der Waals surface area (Å²) < 4.78 is 26.9. The van der Waals surface area contributed by atoms with Gasteiger partial charge in [-0.2, -0.15) is 5.26 Å². The second kappa shape index (κ2) is 5.24. The van der Waals surface area contributed by atoms with E-state index in [1.54, 1.807) is 0 Å². The van der Waals surface area contributed by atoms with E-state index in [0.29, 0.717) is 6.54 Å². The number of benzene rings is 1. The Bertz CT molecular complexity index is 589. The van der Waals surface area contributed by atoms with E-state index in [1.165, 1.54) is 18.2 Å². The number of rotatable bonds is 3. The molecule has 96 valence electrons. The largest absolute Gasteiger partial charge is 0.315 e. The van der Waals surface area contributed by atoms with Gasteiger partial charge in [0.05, 0.1) is 10.6 Å². The van der Waals surface area contributed by atoms with E-state index in [-0.39, 0.29) is 21.5 Å². The van der Waals surface area contributed by atoms with Crippen molar-refractivity contribution in [1.82, 2.24) is 10.0 Å². The van der Waals surface area contributed by atoms with E-state index >= 15 is 0 Å². The molecule has 1 aliphatic rings. The van der Waals surface area contributed by atoms with Gasteiger partial charge in [0.15, 0.2) is 0 Å². The minimum Gasteiger partial charge on any atom is -0.315 e. The van der Waals surface area contributed by atoms with Gasteiger partial charge < -0.3 is 5.32 Å². The van der Waals surface area contributed by atoms with Crippen molar-refractivity contribution in [3.05, 3.63) is 28.8 Å². The highest BCUT2D eigenvalue weighted by Crippen LogP contribution is 2.23. The summed E-state index contributed by atoms with van der Waals surface area (Å²) in [5.74, 6) is 0. The molecule has 0 bridgehead atoms. The first kappa shape index (κ1) is 13.3. The maximum atomic E-state index is 12.2. The van der Waals surface area contributed by atoms with Gasteiger partial charge in [0.25, 0.3) is 0 Å². The number of sulfonamides is 1. The summed E-state index contributed by atoms with van der Waals surface area (Å²) in [6, 6.07) is 6.09. The van der Waals surface area contributed by atoms with E-state index < -0.39 is 10.0 Å². The first-order valence-corrected chi connectivity index (χ1v) is 7.32. The van der Waals surface area contributed by atoms with Gasteiger partial charge in [-0.1, -0.05) is 17.7 Å².